The van der Waals surface area contributed by atoms with Crippen LogP contribution in [-0.2, 0) is 11.3 Å². The average Bonchev–Trinajstić information content (AvgIpc) is 2.86. The van der Waals surface area contributed by atoms with Crippen LogP contribution in [0.2, 0.25) is 0 Å². The predicted molar refractivity (Wildman–Crippen MR) is 102 cm³/mol. The van der Waals surface area contributed by atoms with E-state index in [0.29, 0.717) is 6.61 Å². The molecule has 1 aromatic rings. The normalized spacial score (nSPS) is 28.4. The maximum Gasteiger partial charge on any atom is 0.227 e. The van der Waals surface area contributed by atoms with Gasteiger partial charge in [-0.3, -0.25) is 4.79 Å². The molecular weight excluding hydrogens is 336 g/mol. The van der Waals surface area contributed by atoms with E-state index >= 15 is 0 Å². The lowest BCUT2D eigenvalue weighted by Crippen LogP contribution is -2.33. The molecule has 5 heteroatoms. The van der Waals surface area contributed by atoms with Gasteiger partial charge >= 0.3 is 0 Å². The van der Waals surface area contributed by atoms with Crippen LogP contribution in [-0.4, -0.2) is 19.1 Å². The van der Waals surface area contributed by atoms with Crippen molar-refractivity contribution in [1.82, 2.24) is 5.32 Å². The highest BCUT2D eigenvalue weighted by molar-refractivity contribution is 5.92. The van der Waals surface area contributed by atoms with Crippen molar-refractivity contribution in [2.24, 2.45) is 17.8 Å². The maximum absolute atomic E-state index is 12.7. The minimum Gasteiger partial charge on any atom is -0.492 e. The Morgan fingerprint density at radius 3 is 2.84 bits per heavy atom. The highest BCUT2D eigenvalue weighted by atomic mass is 35.5. The monoisotopic (exact) mass is 364 g/mol. The number of benzene rings is 1. The highest BCUT2D eigenvalue weighted by Gasteiger charge is 2.35. The van der Waals surface area contributed by atoms with E-state index in [0.717, 1.165) is 54.8 Å². The molecule has 0 radical (unpaired) electrons. The second-order valence-electron chi connectivity index (χ2n) is 7.65. The fraction of sp³-hybridized carbons (Fsp3) is 0.650. The molecule has 0 spiro atoms. The third kappa shape index (κ3) is 4.29. The van der Waals surface area contributed by atoms with Crippen molar-refractivity contribution in [2.45, 2.75) is 51.5 Å². The molecule has 1 amide bonds. The first-order valence-electron chi connectivity index (χ1n) is 9.57. The number of carbonyl (C=O) groups excluding carboxylic acids is 1. The number of anilines is 1. The van der Waals surface area contributed by atoms with Crippen molar-refractivity contribution in [3.8, 4) is 5.75 Å². The van der Waals surface area contributed by atoms with Crippen LogP contribution in [0.1, 0.15) is 50.5 Å². The largest absolute Gasteiger partial charge is 0.492 e. The summed E-state index contributed by atoms with van der Waals surface area (Å²) >= 11 is 0. The number of amides is 1. The van der Waals surface area contributed by atoms with Gasteiger partial charge in [0, 0.05) is 30.3 Å². The van der Waals surface area contributed by atoms with Crippen LogP contribution in [0.4, 0.5) is 5.69 Å². The van der Waals surface area contributed by atoms with Gasteiger partial charge in [-0.05, 0) is 49.3 Å². The Balaban J connectivity index is 0.00000182. The standard InChI is InChI=1S/C20H28N2O2.ClH/c23-20(16-6-5-14-3-1-2-4-15(14)11-16)22-18-7-8-19-17(12-18)13-21-9-10-24-19;/h7-8,12,14-16,21H,1-6,9-11,13H2,(H,22,23);1H. The molecule has 3 aliphatic rings. The third-order valence-electron chi connectivity index (χ3n) is 6.09. The van der Waals surface area contributed by atoms with Crippen LogP contribution in [0.5, 0.6) is 5.75 Å². The second kappa shape index (κ2) is 8.41. The number of rotatable bonds is 2. The van der Waals surface area contributed by atoms with Crippen molar-refractivity contribution in [3.63, 3.8) is 0 Å². The Hall–Kier alpha value is -1.26. The summed E-state index contributed by atoms with van der Waals surface area (Å²) in [7, 11) is 0. The molecule has 25 heavy (non-hydrogen) atoms. The predicted octanol–water partition coefficient (Wildman–Crippen LogP) is 4.14. The molecule has 3 unspecified atom stereocenters. The fourth-order valence-electron chi connectivity index (χ4n) is 4.75. The van der Waals surface area contributed by atoms with Crippen molar-refractivity contribution in [2.75, 3.05) is 18.5 Å². The van der Waals surface area contributed by atoms with Gasteiger partial charge in [-0.1, -0.05) is 25.7 Å². The van der Waals surface area contributed by atoms with Gasteiger partial charge in [0.25, 0.3) is 0 Å². The Bertz CT molecular complexity index is 607. The first-order chi connectivity index (χ1) is 11.8. The van der Waals surface area contributed by atoms with Crippen LogP contribution in [0.15, 0.2) is 18.2 Å². The maximum atomic E-state index is 12.7. The first kappa shape index (κ1) is 18.5. The zero-order chi connectivity index (χ0) is 16.4. The minimum atomic E-state index is 0. The van der Waals surface area contributed by atoms with Crippen LogP contribution in [0.25, 0.3) is 0 Å². The lowest BCUT2D eigenvalue weighted by atomic mass is 9.67. The third-order valence-corrected chi connectivity index (χ3v) is 6.09. The van der Waals surface area contributed by atoms with Crippen LogP contribution >= 0.6 is 12.4 Å². The summed E-state index contributed by atoms with van der Waals surface area (Å²) < 4.78 is 5.71. The molecule has 2 N–H and O–H groups in total. The van der Waals surface area contributed by atoms with Gasteiger partial charge in [0.2, 0.25) is 5.91 Å². The zero-order valence-electron chi connectivity index (χ0n) is 14.8. The number of fused-ring (bicyclic) bond motifs is 2. The molecule has 1 aliphatic heterocycles. The molecule has 0 aromatic heterocycles. The quantitative estimate of drug-likeness (QED) is 0.829. The molecular formula is C20H29ClN2O2. The van der Waals surface area contributed by atoms with Gasteiger partial charge in [0.05, 0.1) is 0 Å². The Kier molecular flexibility index (Phi) is 6.24. The van der Waals surface area contributed by atoms with Crippen LogP contribution in [0, 0.1) is 17.8 Å². The van der Waals surface area contributed by atoms with E-state index < -0.39 is 0 Å². The summed E-state index contributed by atoms with van der Waals surface area (Å²) in [5.74, 6) is 3.01. The van der Waals surface area contributed by atoms with Gasteiger partial charge in [-0.15, -0.1) is 12.4 Å². The van der Waals surface area contributed by atoms with E-state index in [1.807, 2.05) is 12.1 Å². The molecule has 0 saturated heterocycles. The molecule has 2 aliphatic carbocycles. The topological polar surface area (TPSA) is 50.4 Å². The minimum absolute atomic E-state index is 0. The van der Waals surface area contributed by atoms with E-state index in [9.17, 15) is 4.79 Å². The fourth-order valence-corrected chi connectivity index (χ4v) is 4.75. The SMILES string of the molecule is Cl.O=C(Nc1ccc2c(c1)CNCCO2)C1CCC2CCCCC2C1. The number of carbonyl (C=O) groups is 1. The molecule has 138 valence electrons. The molecule has 2 fully saturated rings. The lowest BCUT2D eigenvalue weighted by Gasteiger charge is -2.38. The summed E-state index contributed by atoms with van der Waals surface area (Å²) in [5.41, 5.74) is 2.03. The average molecular weight is 365 g/mol. The molecule has 4 rings (SSSR count). The Morgan fingerprint density at radius 1 is 1.12 bits per heavy atom. The Morgan fingerprint density at radius 2 is 1.96 bits per heavy atom. The number of nitrogens with one attached hydrogen (secondary N) is 2. The highest BCUT2D eigenvalue weighted by Crippen LogP contribution is 2.43. The molecule has 0 bridgehead atoms. The van der Waals surface area contributed by atoms with Crippen molar-refractivity contribution < 1.29 is 9.53 Å². The molecule has 3 atom stereocenters. The smallest absolute Gasteiger partial charge is 0.227 e. The number of hydrogen-bond donors (Lipinski definition) is 2. The van der Waals surface area contributed by atoms with E-state index in [2.05, 4.69) is 16.7 Å². The molecule has 2 saturated carbocycles. The number of hydrogen-bond acceptors (Lipinski definition) is 3. The second-order valence-corrected chi connectivity index (χ2v) is 7.65. The van der Waals surface area contributed by atoms with Crippen molar-refractivity contribution in [3.05, 3.63) is 23.8 Å². The van der Waals surface area contributed by atoms with Gasteiger partial charge < -0.3 is 15.4 Å². The zero-order valence-corrected chi connectivity index (χ0v) is 15.6. The Labute approximate surface area is 156 Å². The van der Waals surface area contributed by atoms with Crippen LogP contribution < -0.4 is 15.4 Å². The molecule has 1 heterocycles. The lowest BCUT2D eigenvalue weighted by molar-refractivity contribution is -0.122. The van der Waals surface area contributed by atoms with Crippen molar-refractivity contribution >= 4 is 24.0 Å². The van der Waals surface area contributed by atoms with E-state index in [1.54, 1.807) is 0 Å². The van der Waals surface area contributed by atoms with E-state index in [1.165, 1.54) is 32.1 Å². The van der Waals surface area contributed by atoms with Crippen molar-refractivity contribution in [1.29, 1.82) is 0 Å². The summed E-state index contributed by atoms with van der Waals surface area (Å²) in [6.45, 7) is 2.36. The van der Waals surface area contributed by atoms with E-state index in [4.69, 9.17) is 4.74 Å². The van der Waals surface area contributed by atoms with Crippen LogP contribution in [0.3, 0.4) is 0 Å². The van der Waals surface area contributed by atoms with Gasteiger partial charge in [-0.25, -0.2) is 0 Å². The van der Waals surface area contributed by atoms with Gasteiger partial charge in [0.1, 0.15) is 12.4 Å². The summed E-state index contributed by atoms with van der Waals surface area (Å²) in [4.78, 5) is 12.7. The summed E-state index contributed by atoms with van der Waals surface area (Å²) in [6.07, 6.45) is 8.85. The number of ether oxygens (including phenoxy) is 1. The molecule has 4 nitrogen and oxygen atoms in total. The summed E-state index contributed by atoms with van der Waals surface area (Å²) in [5, 5.41) is 6.50. The first-order valence-corrected chi connectivity index (χ1v) is 9.57. The summed E-state index contributed by atoms with van der Waals surface area (Å²) in [6, 6.07) is 6.00. The van der Waals surface area contributed by atoms with Gasteiger partial charge in [-0.2, -0.15) is 0 Å². The van der Waals surface area contributed by atoms with Gasteiger partial charge in [0.15, 0.2) is 0 Å². The molecule has 1 aromatic carbocycles. The van der Waals surface area contributed by atoms with E-state index in [-0.39, 0.29) is 24.2 Å². The number of halogens is 1.